The molecule has 0 aliphatic carbocycles. The second-order valence-corrected chi connectivity index (χ2v) is 11.9. The normalized spacial score (nSPS) is 13.1. The summed E-state index contributed by atoms with van der Waals surface area (Å²) in [5.74, 6) is -2.87. The van der Waals surface area contributed by atoms with Gasteiger partial charge < -0.3 is 19.8 Å². The maximum Gasteiger partial charge on any atom is 0.274 e. The molecule has 0 bridgehead atoms. The van der Waals surface area contributed by atoms with Crippen LogP contribution in [0.4, 0.5) is 20.3 Å². The Kier molecular flexibility index (Phi) is 6.09. The number of nitrogens with zero attached hydrogens (tertiary/aromatic N) is 3. The molecule has 0 saturated carbocycles. The van der Waals surface area contributed by atoms with E-state index in [-0.39, 0.29) is 35.1 Å². The third-order valence-corrected chi connectivity index (χ3v) is 7.18. The van der Waals surface area contributed by atoms with Gasteiger partial charge >= 0.3 is 0 Å². The van der Waals surface area contributed by atoms with Crippen molar-refractivity contribution in [1.29, 1.82) is 0 Å². The maximum atomic E-state index is 15.1. The smallest absolute Gasteiger partial charge is 0.274 e. The Morgan fingerprint density at radius 2 is 1.95 bits per heavy atom. The van der Waals surface area contributed by atoms with E-state index in [0.29, 0.717) is 39.3 Å². The molecule has 198 valence electrons. The number of anilines is 2. The fourth-order valence-corrected chi connectivity index (χ4v) is 5.64. The van der Waals surface area contributed by atoms with Crippen molar-refractivity contribution in [3.63, 3.8) is 0 Å². The molecule has 1 aromatic carbocycles. The summed E-state index contributed by atoms with van der Waals surface area (Å²) in [6.07, 6.45) is 5.22. The molecule has 2 N–H and O–H groups in total. The summed E-state index contributed by atoms with van der Waals surface area (Å²) in [5, 5.41) is 3.37. The number of benzene rings is 1. The molecular weight excluding hydrogens is 516 g/mol. The van der Waals surface area contributed by atoms with Crippen molar-refractivity contribution in [1.82, 2.24) is 19.9 Å². The van der Waals surface area contributed by atoms with Gasteiger partial charge in [0, 0.05) is 59.9 Å². The summed E-state index contributed by atoms with van der Waals surface area (Å²) in [5.41, 5.74) is 2.45. The van der Waals surface area contributed by atoms with Crippen LogP contribution in [0, 0.1) is 11.6 Å². The number of pyridine rings is 2. The molecule has 0 fully saturated rings. The van der Waals surface area contributed by atoms with Crippen molar-refractivity contribution in [2.75, 3.05) is 11.2 Å². The lowest BCUT2D eigenvalue weighted by atomic mass is 9.95. The molecule has 1 aliphatic heterocycles. The molecule has 3 aromatic heterocycles. The van der Waals surface area contributed by atoms with Gasteiger partial charge in [0.15, 0.2) is 21.5 Å². The second kappa shape index (κ2) is 9.05. The molecule has 0 unspecified atom stereocenters. The van der Waals surface area contributed by atoms with Gasteiger partial charge in [0.2, 0.25) is 0 Å². The summed E-state index contributed by atoms with van der Waals surface area (Å²) in [6.45, 7) is 3.59. The van der Waals surface area contributed by atoms with Crippen LogP contribution in [0.5, 0.6) is 0 Å². The first-order valence-electron chi connectivity index (χ1n) is 11.8. The maximum absolute atomic E-state index is 15.1. The summed E-state index contributed by atoms with van der Waals surface area (Å²) in [6, 6.07) is 3.57. The summed E-state index contributed by atoms with van der Waals surface area (Å²) >= 11 is 0. The highest BCUT2D eigenvalue weighted by Gasteiger charge is 2.30. The van der Waals surface area contributed by atoms with Crippen LogP contribution < -0.4 is 15.8 Å². The third kappa shape index (κ3) is 4.44. The first-order chi connectivity index (χ1) is 17.8. The largest absolute Gasteiger partial charge is 0.356 e. The molecule has 0 atom stereocenters. The lowest BCUT2D eigenvalue weighted by Gasteiger charge is -2.26. The van der Waals surface area contributed by atoms with Crippen molar-refractivity contribution in [2.45, 2.75) is 32.2 Å². The van der Waals surface area contributed by atoms with Gasteiger partial charge in [-0.25, -0.2) is 22.2 Å². The number of amides is 1. The van der Waals surface area contributed by atoms with E-state index in [1.54, 1.807) is 39.4 Å². The molecule has 0 spiro atoms. The number of aryl methyl sites for hydroxylation is 1. The van der Waals surface area contributed by atoms with Crippen LogP contribution >= 0.6 is 0 Å². The average Bonchev–Trinajstić information content (AvgIpc) is 3.17. The van der Waals surface area contributed by atoms with Crippen molar-refractivity contribution >= 4 is 38.2 Å². The number of carbonyl (C=O) groups is 1. The highest BCUT2D eigenvalue weighted by atomic mass is 32.2. The zero-order chi connectivity index (χ0) is 27.5. The molecule has 0 saturated heterocycles. The van der Waals surface area contributed by atoms with Crippen LogP contribution in [-0.4, -0.2) is 41.2 Å². The first kappa shape index (κ1) is 25.6. The van der Waals surface area contributed by atoms with Crippen LogP contribution in [0.25, 0.3) is 22.0 Å². The van der Waals surface area contributed by atoms with E-state index in [9.17, 15) is 22.4 Å². The third-order valence-electron chi connectivity index (χ3n) is 6.35. The lowest BCUT2D eigenvalue weighted by Crippen LogP contribution is -2.31. The Morgan fingerprint density at radius 1 is 1.21 bits per heavy atom. The molecule has 4 heterocycles. The molecule has 1 aliphatic rings. The number of H-pyrrole nitrogens is 1. The molecular formula is C26H25F2N5O4S. The van der Waals surface area contributed by atoms with E-state index < -0.39 is 33.1 Å². The number of hydrogen-bond donors (Lipinski definition) is 2. The summed E-state index contributed by atoms with van der Waals surface area (Å²) in [4.78, 5) is 34.6. The van der Waals surface area contributed by atoms with Gasteiger partial charge in [-0.05, 0) is 37.1 Å². The van der Waals surface area contributed by atoms with E-state index >= 15 is 4.39 Å². The van der Waals surface area contributed by atoms with Gasteiger partial charge in [-0.1, -0.05) is 0 Å². The molecule has 5 rings (SSSR count). The standard InChI is InChI=1S/C26H25F2N5O4S/c1-13(2)31-25(34)17-7-21-18(5-14(17)12-38(4,36)37)19-11-32(3)26(35)23-22(19)15(8-29-23)10-33(21)24-20(28)6-16(27)9-30-24/h5-9,11,13,29H,10,12H2,1-4H3,(H,31,34). The lowest BCUT2D eigenvalue weighted by molar-refractivity contribution is 0.0942. The number of fused-ring (bicyclic) bond motifs is 2. The van der Waals surface area contributed by atoms with Crippen molar-refractivity contribution in [3.05, 3.63) is 75.5 Å². The molecule has 9 nitrogen and oxygen atoms in total. The average molecular weight is 542 g/mol. The van der Waals surface area contributed by atoms with Crippen LogP contribution in [-0.2, 0) is 29.2 Å². The van der Waals surface area contributed by atoms with Crippen LogP contribution in [0.2, 0.25) is 0 Å². The predicted octanol–water partition coefficient (Wildman–Crippen LogP) is 3.54. The van der Waals surface area contributed by atoms with E-state index in [2.05, 4.69) is 15.3 Å². The minimum absolute atomic E-state index is 0.0411. The number of nitrogens with one attached hydrogen (secondary N) is 2. The number of halogens is 2. The van der Waals surface area contributed by atoms with Gasteiger partial charge in [0.1, 0.15) is 11.3 Å². The highest BCUT2D eigenvalue weighted by Crippen LogP contribution is 2.44. The Labute approximate surface area is 217 Å². The van der Waals surface area contributed by atoms with Gasteiger partial charge in [0.05, 0.1) is 24.2 Å². The second-order valence-electron chi connectivity index (χ2n) is 9.79. The predicted molar refractivity (Wildman–Crippen MR) is 140 cm³/mol. The number of sulfone groups is 1. The topological polar surface area (TPSA) is 117 Å². The Morgan fingerprint density at radius 3 is 2.61 bits per heavy atom. The van der Waals surface area contributed by atoms with Gasteiger partial charge in [-0.3, -0.25) is 9.59 Å². The molecule has 38 heavy (non-hydrogen) atoms. The Balaban J connectivity index is 1.89. The van der Waals surface area contributed by atoms with Crippen LogP contribution in [0.1, 0.15) is 35.3 Å². The van der Waals surface area contributed by atoms with Crippen molar-refractivity contribution in [3.8, 4) is 11.1 Å². The molecule has 12 heteroatoms. The monoisotopic (exact) mass is 541 g/mol. The summed E-state index contributed by atoms with van der Waals surface area (Å²) < 4.78 is 55.0. The molecule has 1 amide bonds. The first-order valence-corrected chi connectivity index (χ1v) is 13.8. The number of aromatic amines is 1. The van der Waals surface area contributed by atoms with E-state index in [1.165, 1.54) is 15.5 Å². The van der Waals surface area contributed by atoms with Crippen molar-refractivity contribution in [2.24, 2.45) is 7.05 Å². The fourth-order valence-electron chi connectivity index (χ4n) is 4.84. The van der Waals surface area contributed by atoms with Gasteiger partial charge in [-0.2, -0.15) is 0 Å². The zero-order valence-corrected chi connectivity index (χ0v) is 21.9. The van der Waals surface area contributed by atoms with E-state index in [0.717, 1.165) is 12.5 Å². The van der Waals surface area contributed by atoms with Crippen LogP contribution in [0.3, 0.4) is 0 Å². The summed E-state index contributed by atoms with van der Waals surface area (Å²) in [7, 11) is -1.97. The quantitative estimate of drug-likeness (QED) is 0.399. The molecule has 4 aromatic rings. The number of aromatic nitrogens is 3. The minimum atomic E-state index is -3.56. The fraction of sp³-hybridized carbons (Fsp3) is 0.269. The van der Waals surface area contributed by atoms with E-state index in [4.69, 9.17) is 0 Å². The Hall–Kier alpha value is -4.06. The number of rotatable bonds is 5. The molecule has 0 radical (unpaired) electrons. The minimum Gasteiger partial charge on any atom is -0.356 e. The SMILES string of the molecule is CC(C)NC(=O)c1cc2c(cc1CS(C)(=O)=O)-c1cn(C)c(=O)c3[nH]cc(c13)CN2c1ncc(F)cc1F. The number of hydrogen-bond acceptors (Lipinski definition) is 6. The van der Waals surface area contributed by atoms with Gasteiger partial charge in [-0.15, -0.1) is 0 Å². The van der Waals surface area contributed by atoms with Crippen LogP contribution in [0.15, 0.2) is 41.6 Å². The zero-order valence-electron chi connectivity index (χ0n) is 21.1. The van der Waals surface area contributed by atoms with Crippen molar-refractivity contribution < 1.29 is 22.0 Å². The highest BCUT2D eigenvalue weighted by molar-refractivity contribution is 7.89. The number of carbonyl (C=O) groups excluding carboxylic acids is 1. The van der Waals surface area contributed by atoms with E-state index in [1.807, 2.05) is 0 Å². The Bertz CT molecular complexity index is 1790. The van der Waals surface area contributed by atoms with Gasteiger partial charge in [0.25, 0.3) is 11.5 Å².